The van der Waals surface area contributed by atoms with Crippen molar-refractivity contribution in [1.29, 1.82) is 0 Å². The number of hydrogen-bond donors (Lipinski definition) is 2. The summed E-state index contributed by atoms with van der Waals surface area (Å²) in [6, 6.07) is 14.2. The molecule has 7 heteroatoms. The summed E-state index contributed by atoms with van der Waals surface area (Å²) < 4.78 is 5.72. The van der Waals surface area contributed by atoms with Gasteiger partial charge in [-0.3, -0.25) is 14.5 Å². The molecular formula is C20H24ClN3O3. The van der Waals surface area contributed by atoms with Gasteiger partial charge in [-0.25, -0.2) is 0 Å². The highest BCUT2D eigenvalue weighted by molar-refractivity contribution is 6.32. The third-order valence-corrected chi connectivity index (χ3v) is 4.07. The fraction of sp³-hybridized carbons (Fsp3) is 0.300. The first kappa shape index (κ1) is 20.7. The van der Waals surface area contributed by atoms with Crippen LogP contribution in [-0.4, -0.2) is 42.9 Å². The molecule has 27 heavy (non-hydrogen) atoms. The first-order chi connectivity index (χ1) is 13.0. The van der Waals surface area contributed by atoms with E-state index in [4.69, 9.17) is 16.3 Å². The zero-order valence-corrected chi connectivity index (χ0v) is 16.3. The van der Waals surface area contributed by atoms with Crippen molar-refractivity contribution in [3.05, 3.63) is 53.6 Å². The molecule has 0 bridgehead atoms. The van der Waals surface area contributed by atoms with Gasteiger partial charge in [-0.15, -0.1) is 0 Å². The average Bonchev–Trinajstić information content (AvgIpc) is 2.64. The van der Waals surface area contributed by atoms with Crippen molar-refractivity contribution in [2.24, 2.45) is 0 Å². The Morgan fingerprint density at radius 1 is 1.00 bits per heavy atom. The van der Waals surface area contributed by atoms with Crippen LogP contribution in [0.15, 0.2) is 48.5 Å². The topological polar surface area (TPSA) is 70.7 Å². The Bertz CT molecular complexity index is 765. The summed E-state index contributed by atoms with van der Waals surface area (Å²) in [5, 5.41) is 6.08. The van der Waals surface area contributed by atoms with Gasteiger partial charge in [0, 0.05) is 12.2 Å². The molecule has 0 aromatic heterocycles. The van der Waals surface area contributed by atoms with E-state index in [0.717, 1.165) is 0 Å². The third-order valence-electron chi connectivity index (χ3n) is 3.76. The number of carbonyl (C=O) groups excluding carboxylic acids is 2. The van der Waals surface area contributed by atoms with Crippen molar-refractivity contribution < 1.29 is 14.3 Å². The van der Waals surface area contributed by atoms with Gasteiger partial charge in [0.15, 0.2) is 0 Å². The number of halogens is 1. The summed E-state index contributed by atoms with van der Waals surface area (Å²) in [7, 11) is 0. The molecule has 2 aromatic carbocycles. The van der Waals surface area contributed by atoms with Crippen molar-refractivity contribution in [2.45, 2.75) is 13.8 Å². The van der Waals surface area contributed by atoms with Crippen LogP contribution in [0.4, 0.5) is 5.69 Å². The minimum atomic E-state index is -0.180. The zero-order chi connectivity index (χ0) is 19.6. The molecule has 0 atom stereocenters. The quantitative estimate of drug-likeness (QED) is 0.688. The Morgan fingerprint density at radius 2 is 1.67 bits per heavy atom. The van der Waals surface area contributed by atoms with Crippen molar-refractivity contribution in [3.8, 4) is 11.5 Å². The third kappa shape index (κ3) is 6.92. The molecule has 0 saturated heterocycles. The Hall–Kier alpha value is -2.57. The predicted molar refractivity (Wildman–Crippen MR) is 107 cm³/mol. The molecule has 6 nitrogen and oxygen atoms in total. The molecule has 0 fully saturated rings. The minimum absolute atomic E-state index is 0.0896. The van der Waals surface area contributed by atoms with E-state index in [2.05, 4.69) is 10.6 Å². The van der Waals surface area contributed by atoms with Gasteiger partial charge < -0.3 is 15.4 Å². The first-order valence-electron chi connectivity index (χ1n) is 8.83. The summed E-state index contributed by atoms with van der Waals surface area (Å²) in [5.41, 5.74) is 0.653. The maximum Gasteiger partial charge on any atom is 0.238 e. The number of para-hydroxylation sites is 1. The standard InChI is InChI=1S/C20H24ClN3O3/c1-3-22-19(25)13-24(4-2)14-20(26)23-15-9-11-16(12-10-15)27-18-8-6-5-7-17(18)21/h5-12H,3-4,13-14H2,1-2H3,(H,22,25)(H,23,26). The molecule has 0 unspecified atom stereocenters. The van der Waals surface area contributed by atoms with Crippen LogP contribution in [0.1, 0.15) is 13.8 Å². The normalized spacial score (nSPS) is 10.5. The monoisotopic (exact) mass is 389 g/mol. The fourth-order valence-corrected chi connectivity index (χ4v) is 2.57. The highest BCUT2D eigenvalue weighted by Gasteiger charge is 2.13. The second-order valence-electron chi connectivity index (χ2n) is 5.86. The smallest absolute Gasteiger partial charge is 0.238 e. The fourth-order valence-electron chi connectivity index (χ4n) is 2.40. The van der Waals surface area contributed by atoms with Gasteiger partial charge in [-0.2, -0.15) is 0 Å². The number of rotatable bonds is 9. The molecule has 0 aliphatic heterocycles. The van der Waals surface area contributed by atoms with Crippen LogP contribution in [0.3, 0.4) is 0 Å². The Kier molecular flexibility index (Phi) is 8.10. The summed E-state index contributed by atoms with van der Waals surface area (Å²) in [6.07, 6.45) is 0. The van der Waals surface area contributed by atoms with Gasteiger partial charge in [0.2, 0.25) is 11.8 Å². The number of hydrogen-bond acceptors (Lipinski definition) is 4. The highest BCUT2D eigenvalue weighted by Crippen LogP contribution is 2.29. The molecule has 0 aliphatic rings. The second kappa shape index (κ2) is 10.5. The molecule has 144 valence electrons. The van der Waals surface area contributed by atoms with Crippen LogP contribution in [0.2, 0.25) is 5.02 Å². The molecule has 2 aromatic rings. The summed E-state index contributed by atoms with van der Waals surface area (Å²) >= 11 is 6.08. The number of carbonyl (C=O) groups is 2. The molecule has 2 N–H and O–H groups in total. The van der Waals surface area contributed by atoms with E-state index in [9.17, 15) is 9.59 Å². The SMILES string of the molecule is CCNC(=O)CN(CC)CC(=O)Nc1ccc(Oc2ccccc2Cl)cc1. The van der Waals surface area contributed by atoms with Crippen molar-refractivity contribution >= 4 is 29.1 Å². The van der Waals surface area contributed by atoms with Crippen molar-refractivity contribution in [3.63, 3.8) is 0 Å². The lowest BCUT2D eigenvalue weighted by molar-refractivity contribution is -0.123. The average molecular weight is 390 g/mol. The Labute approximate surface area is 164 Å². The first-order valence-corrected chi connectivity index (χ1v) is 9.21. The van der Waals surface area contributed by atoms with E-state index in [1.807, 2.05) is 26.0 Å². The number of anilines is 1. The van der Waals surface area contributed by atoms with E-state index in [0.29, 0.717) is 35.3 Å². The highest BCUT2D eigenvalue weighted by atomic mass is 35.5. The molecule has 2 rings (SSSR count). The molecule has 0 saturated carbocycles. The lowest BCUT2D eigenvalue weighted by atomic mass is 10.3. The van der Waals surface area contributed by atoms with Gasteiger partial charge >= 0.3 is 0 Å². The van der Waals surface area contributed by atoms with Crippen molar-refractivity contribution in [2.75, 3.05) is 31.5 Å². The number of nitrogens with zero attached hydrogens (tertiary/aromatic N) is 1. The van der Waals surface area contributed by atoms with Gasteiger partial charge in [-0.05, 0) is 49.9 Å². The number of amides is 2. The molecule has 0 radical (unpaired) electrons. The van der Waals surface area contributed by atoms with Gasteiger partial charge in [0.1, 0.15) is 11.5 Å². The molecule has 0 heterocycles. The van der Waals surface area contributed by atoms with E-state index in [1.165, 1.54) is 0 Å². The Balaban J connectivity index is 1.88. The predicted octanol–water partition coefficient (Wildman–Crippen LogP) is 3.53. The van der Waals surface area contributed by atoms with Crippen LogP contribution >= 0.6 is 11.6 Å². The Morgan fingerprint density at radius 3 is 2.30 bits per heavy atom. The number of likely N-dealkylation sites (N-methyl/N-ethyl adjacent to an activating group) is 2. The molecular weight excluding hydrogens is 366 g/mol. The van der Waals surface area contributed by atoms with Gasteiger partial charge in [0.25, 0.3) is 0 Å². The maximum absolute atomic E-state index is 12.2. The largest absolute Gasteiger partial charge is 0.456 e. The second-order valence-corrected chi connectivity index (χ2v) is 6.27. The van der Waals surface area contributed by atoms with Crippen molar-refractivity contribution in [1.82, 2.24) is 10.2 Å². The number of benzene rings is 2. The maximum atomic E-state index is 12.2. The van der Waals surface area contributed by atoms with Gasteiger partial charge in [0.05, 0.1) is 18.1 Å². The zero-order valence-electron chi connectivity index (χ0n) is 15.5. The lowest BCUT2D eigenvalue weighted by Gasteiger charge is -2.19. The van der Waals surface area contributed by atoms with E-state index in [-0.39, 0.29) is 24.9 Å². The van der Waals surface area contributed by atoms with Crippen LogP contribution in [0, 0.1) is 0 Å². The van der Waals surface area contributed by atoms with E-state index in [1.54, 1.807) is 41.3 Å². The van der Waals surface area contributed by atoms with Crippen LogP contribution in [-0.2, 0) is 9.59 Å². The van der Waals surface area contributed by atoms with Crippen LogP contribution in [0.25, 0.3) is 0 Å². The van der Waals surface area contributed by atoms with Gasteiger partial charge in [-0.1, -0.05) is 30.7 Å². The summed E-state index contributed by atoms with van der Waals surface area (Å²) in [5.74, 6) is 0.918. The van der Waals surface area contributed by atoms with Crippen LogP contribution < -0.4 is 15.4 Å². The number of ether oxygens (including phenoxy) is 1. The molecule has 0 aliphatic carbocycles. The summed E-state index contributed by atoms with van der Waals surface area (Å²) in [4.78, 5) is 25.6. The van der Waals surface area contributed by atoms with Crippen LogP contribution in [0.5, 0.6) is 11.5 Å². The molecule has 0 spiro atoms. The summed E-state index contributed by atoms with van der Waals surface area (Å²) in [6.45, 7) is 5.29. The van der Waals surface area contributed by atoms with E-state index < -0.39 is 0 Å². The minimum Gasteiger partial charge on any atom is -0.456 e. The molecule has 2 amide bonds. The number of nitrogens with one attached hydrogen (secondary N) is 2. The van der Waals surface area contributed by atoms with E-state index >= 15 is 0 Å². The lowest BCUT2D eigenvalue weighted by Crippen LogP contribution is -2.40.